The van der Waals surface area contributed by atoms with E-state index in [0.717, 1.165) is 0 Å². The number of nitrogens with zero attached hydrogens (tertiary/aromatic N) is 2. The summed E-state index contributed by atoms with van der Waals surface area (Å²) in [5.74, 6) is -1.25. The number of aliphatic hydroxyl groups excluding tert-OH is 1. The Morgan fingerprint density at radius 2 is 1.95 bits per heavy atom. The number of benzene rings is 1. The lowest BCUT2D eigenvalue weighted by molar-refractivity contribution is -0.223. The highest BCUT2D eigenvalue weighted by atomic mass is 19.4. The van der Waals surface area contributed by atoms with E-state index in [9.17, 15) is 22.7 Å². The first-order valence-corrected chi connectivity index (χ1v) is 6.97. The molecule has 1 fully saturated rings. The van der Waals surface area contributed by atoms with Crippen molar-refractivity contribution in [3.05, 3.63) is 35.1 Å². The van der Waals surface area contributed by atoms with E-state index in [1.54, 1.807) is 0 Å². The first-order valence-electron chi connectivity index (χ1n) is 6.97. The van der Waals surface area contributed by atoms with E-state index in [-0.39, 0.29) is 19.4 Å². The molecule has 1 aliphatic rings. The van der Waals surface area contributed by atoms with Gasteiger partial charge >= 0.3 is 6.18 Å². The lowest BCUT2D eigenvalue weighted by Crippen LogP contribution is -2.43. The van der Waals surface area contributed by atoms with Gasteiger partial charge in [0.05, 0.1) is 11.6 Å². The third-order valence-corrected chi connectivity index (χ3v) is 3.98. The van der Waals surface area contributed by atoms with E-state index in [2.05, 4.69) is 0 Å². The van der Waals surface area contributed by atoms with Crippen LogP contribution in [-0.4, -0.2) is 35.4 Å². The molecule has 0 spiro atoms. The number of alkyl halides is 3. The molecule has 1 unspecified atom stereocenters. The van der Waals surface area contributed by atoms with Gasteiger partial charge in [-0.05, 0) is 50.0 Å². The van der Waals surface area contributed by atoms with Crippen molar-refractivity contribution in [1.29, 1.82) is 5.26 Å². The molecule has 1 aromatic rings. The quantitative estimate of drug-likeness (QED) is 0.872. The molecule has 0 amide bonds. The molecule has 1 aliphatic heterocycles. The molecule has 1 atom stereocenters. The maximum Gasteiger partial charge on any atom is 0.414 e. The fourth-order valence-corrected chi connectivity index (χ4v) is 2.70. The van der Waals surface area contributed by atoms with Gasteiger partial charge in [-0.25, -0.2) is 4.39 Å². The van der Waals surface area contributed by atoms with Gasteiger partial charge in [0.1, 0.15) is 5.82 Å². The average Bonchev–Trinajstić information content (AvgIpc) is 2.48. The van der Waals surface area contributed by atoms with Gasteiger partial charge in [-0.15, -0.1) is 0 Å². The molecular formula is C15H16F4N2O. The minimum atomic E-state index is -4.60. The van der Waals surface area contributed by atoms with Crippen molar-refractivity contribution in [3.63, 3.8) is 0 Å². The Morgan fingerprint density at radius 1 is 1.32 bits per heavy atom. The first kappa shape index (κ1) is 16.7. The molecule has 1 heterocycles. The van der Waals surface area contributed by atoms with E-state index < -0.39 is 24.0 Å². The van der Waals surface area contributed by atoms with Crippen molar-refractivity contribution in [2.75, 3.05) is 13.1 Å². The Hall–Kier alpha value is -1.65. The summed E-state index contributed by atoms with van der Waals surface area (Å²) in [5.41, 5.74) is 0.702. The van der Waals surface area contributed by atoms with Gasteiger partial charge in [0, 0.05) is 12.1 Å². The van der Waals surface area contributed by atoms with Crippen molar-refractivity contribution >= 4 is 0 Å². The largest absolute Gasteiger partial charge is 0.414 e. The van der Waals surface area contributed by atoms with Crippen molar-refractivity contribution < 1.29 is 22.7 Å². The highest BCUT2D eigenvalue weighted by Gasteiger charge is 2.44. The van der Waals surface area contributed by atoms with E-state index in [1.165, 1.54) is 18.2 Å². The van der Waals surface area contributed by atoms with Crippen molar-refractivity contribution in [2.45, 2.75) is 31.7 Å². The number of nitriles is 1. The zero-order valence-electron chi connectivity index (χ0n) is 11.8. The van der Waals surface area contributed by atoms with Crippen LogP contribution in [-0.2, 0) is 6.54 Å². The highest BCUT2D eigenvalue weighted by Crippen LogP contribution is 2.32. The molecule has 2 rings (SSSR count). The monoisotopic (exact) mass is 316 g/mol. The van der Waals surface area contributed by atoms with Crippen LogP contribution in [0.3, 0.4) is 0 Å². The van der Waals surface area contributed by atoms with Crippen LogP contribution >= 0.6 is 0 Å². The number of aliphatic hydroxyl groups is 1. The summed E-state index contributed by atoms with van der Waals surface area (Å²) in [6.07, 6.45) is -6.48. The normalized spacial score (nSPS) is 18.9. The number of piperidine rings is 1. The molecule has 0 aromatic heterocycles. The predicted octanol–water partition coefficient (Wildman–Crippen LogP) is 2.83. The number of rotatable bonds is 3. The predicted molar refractivity (Wildman–Crippen MR) is 71.2 cm³/mol. The standard InChI is InChI=1S/C15H16F4N2O/c16-13-2-1-10(8-20)7-12(13)9-21-5-3-11(4-6-21)14(22)15(17,18)19/h1-2,7,11,14,22H,3-6,9H2. The number of hydrogen-bond acceptors (Lipinski definition) is 3. The molecule has 3 nitrogen and oxygen atoms in total. The van der Waals surface area contributed by atoms with Crippen LogP contribution in [0.25, 0.3) is 0 Å². The highest BCUT2D eigenvalue weighted by molar-refractivity contribution is 5.33. The van der Waals surface area contributed by atoms with Crippen LogP contribution in [0.1, 0.15) is 24.0 Å². The second-order valence-corrected chi connectivity index (χ2v) is 5.52. The average molecular weight is 316 g/mol. The van der Waals surface area contributed by atoms with Gasteiger partial charge in [-0.1, -0.05) is 0 Å². The van der Waals surface area contributed by atoms with Gasteiger partial charge in [0.25, 0.3) is 0 Å². The van der Waals surface area contributed by atoms with Crippen molar-refractivity contribution in [2.24, 2.45) is 5.92 Å². The van der Waals surface area contributed by atoms with Crippen LogP contribution in [0.15, 0.2) is 18.2 Å². The van der Waals surface area contributed by atoms with E-state index in [0.29, 0.717) is 24.2 Å². The summed E-state index contributed by atoms with van der Waals surface area (Å²) >= 11 is 0. The number of hydrogen-bond donors (Lipinski definition) is 1. The maximum absolute atomic E-state index is 13.7. The third kappa shape index (κ3) is 3.96. The Bertz CT molecular complexity index is 560. The molecule has 0 bridgehead atoms. The summed E-state index contributed by atoms with van der Waals surface area (Å²) in [5, 5.41) is 18.1. The van der Waals surface area contributed by atoms with Gasteiger partial charge in [0.2, 0.25) is 0 Å². The van der Waals surface area contributed by atoms with Crippen LogP contribution in [0.4, 0.5) is 17.6 Å². The molecule has 1 aromatic carbocycles. The summed E-state index contributed by atoms with van der Waals surface area (Å²) in [7, 11) is 0. The molecule has 7 heteroatoms. The minimum absolute atomic E-state index is 0.209. The Balaban J connectivity index is 1.95. The van der Waals surface area contributed by atoms with Crippen molar-refractivity contribution in [3.8, 4) is 6.07 Å². The SMILES string of the molecule is N#Cc1ccc(F)c(CN2CCC(C(O)C(F)(F)F)CC2)c1. The zero-order chi connectivity index (χ0) is 16.3. The zero-order valence-corrected chi connectivity index (χ0v) is 11.8. The molecular weight excluding hydrogens is 300 g/mol. The third-order valence-electron chi connectivity index (χ3n) is 3.98. The maximum atomic E-state index is 13.7. The van der Waals surface area contributed by atoms with E-state index in [1.807, 2.05) is 11.0 Å². The van der Waals surface area contributed by atoms with Crippen LogP contribution in [0.5, 0.6) is 0 Å². The molecule has 22 heavy (non-hydrogen) atoms. The minimum Gasteiger partial charge on any atom is -0.383 e. The molecule has 120 valence electrons. The molecule has 1 saturated heterocycles. The molecule has 1 N–H and O–H groups in total. The topological polar surface area (TPSA) is 47.3 Å². The fourth-order valence-electron chi connectivity index (χ4n) is 2.70. The Morgan fingerprint density at radius 3 is 2.50 bits per heavy atom. The van der Waals surface area contributed by atoms with E-state index >= 15 is 0 Å². The summed E-state index contributed by atoms with van der Waals surface area (Å²) < 4.78 is 51.1. The van der Waals surface area contributed by atoms with Crippen LogP contribution in [0, 0.1) is 23.1 Å². The van der Waals surface area contributed by atoms with E-state index in [4.69, 9.17) is 5.26 Å². The van der Waals surface area contributed by atoms with Gasteiger partial charge in [-0.2, -0.15) is 18.4 Å². The smallest absolute Gasteiger partial charge is 0.383 e. The number of likely N-dealkylation sites (tertiary alicyclic amines) is 1. The van der Waals surface area contributed by atoms with Gasteiger partial charge < -0.3 is 5.11 Å². The molecule has 0 aliphatic carbocycles. The lowest BCUT2D eigenvalue weighted by atomic mass is 9.90. The molecule has 0 saturated carbocycles. The van der Waals surface area contributed by atoms with Gasteiger partial charge in [-0.3, -0.25) is 4.90 Å². The van der Waals surface area contributed by atoms with Gasteiger partial charge in [0.15, 0.2) is 6.10 Å². The molecule has 0 radical (unpaired) electrons. The lowest BCUT2D eigenvalue weighted by Gasteiger charge is -2.34. The Kier molecular flexibility index (Phi) is 5.04. The number of halogens is 4. The summed E-state index contributed by atoms with van der Waals surface area (Å²) in [6, 6.07) is 5.97. The van der Waals surface area contributed by atoms with Crippen LogP contribution in [0.2, 0.25) is 0 Å². The fraction of sp³-hybridized carbons (Fsp3) is 0.533. The summed E-state index contributed by atoms with van der Waals surface area (Å²) in [6.45, 7) is 0.957. The van der Waals surface area contributed by atoms with Crippen LogP contribution < -0.4 is 0 Å². The summed E-state index contributed by atoms with van der Waals surface area (Å²) in [4.78, 5) is 1.83. The second-order valence-electron chi connectivity index (χ2n) is 5.52. The Labute approximate surface area is 125 Å². The first-order chi connectivity index (χ1) is 10.3. The second kappa shape index (κ2) is 6.63. The van der Waals surface area contributed by atoms with Crippen molar-refractivity contribution in [1.82, 2.24) is 4.90 Å².